The van der Waals surface area contributed by atoms with E-state index in [0.29, 0.717) is 6.61 Å². The van der Waals surface area contributed by atoms with Crippen molar-refractivity contribution in [2.75, 3.05) is 0 Å². The van der Waals surface area contributed by atoms with E-state index in [-0.39, 0.29) is 11.6 Å². The van der Waals surface area contributed by atoms with Gasteiger partial charge < -0.3 is 14.4 Å². The summed E-state index contributed by atoms with van der Waals surface area (Å²) >= 11 is 0. The maximum Gasteiger partial charge on any atom is 0.251 e. The Morgan fingerprint density at radius 2 is 1.79 bits per heavy atom. The second kappa shape index (κ2) is 9.69. The number of hydrogen-bond donors (Lipinski definition) is 1. The maximum absolute atomic E-state index is 12.9. The lowest BCUT2D eigenvalue weighted by atomic mass is 9.92. The van der Waals surface area contributed by atoms with Gasteiger partial charge in [0, 0.05) is 36.6 Å². The molecule has 6 nitrogen and oxygen atoms in total. The largest absolute Gasteiger partial charge is 0.488 e. The minimum atomic E-state index is -0.461. The second-order valence-electron chi connectivity index (χ2n) is 8.96. The summed E-state index contributed by atoms with van der Waals surface area (Å²) in [5.41, 5.74) is 4.85. The summed E-state index contributed by atoms with van der Waals surface area (Å²) in [4.78, 5) is 12.9. The zero-order valence-corrected chi connectivity index (χ0v) is 19.3. The Morgan fingerprint density at radius 1 is 1.00 bits per heavy atom. The molecule has 0 unspecified atom stereocenters. The van der Waals surface area contributed by atoms with Crippen LogP contribution in [0.15, 0.2) is 84.0 Å². The number of aliphatic hydroxyl groups is 1. The molecule has 0 amide bonds. The molecule has 1 saturated carbocycles. The monoisotopic (exact) mass is 455 g/mol. The van der Waals surface area contributed by atoms with Crippen molar-refractivity contribution in [1.29, 1.82) is 0 Å². The van der Waals surface area contributed by atoms with Crippen LogP contribution in [0.1, 0.15) is 37.3 Å². The van der Waals surface area contributed by atoms with Gasteiger partial charge in [0.2, 0.25) is 0 Å². The van der Waals surface area contributed by atoms with Crippen LogP contribution in [0.25, 0.3) is 22.3 Å². The Kier molecular flexibility index (Phi) is 6.32. The van der Waals surface area contributed by atoms with Crippen LogP contribution in [0.2, 0.25) is 0 Å². The standard InChI is InChI=1S/C28H29N3O3/c1-30-18-23(17-29-30)21-12-10-20(11-13-21)19-34-27-9-5-2-6-24(27)22-14-15-31(28(33)16-22)25-7-3-4-8-26(25)32/h2,5-6,9-18,25-26,32H,3-4,7-8,19H2,1H3/t25-,26-/m0/s1. The highest BCUT2D eigenvalue weighted by Gasteiger charge is 2.25. The van der Waals surface area contributed by atoms with Crippen molar-refractivity contribution in [3.05, 3.63) is 95.2 Å². The first-order valence-corrected chi connectivity index (χ1v) is 11.8. The number of hydrogen-bond acceptors (Lipinski definition) is 4. The van der Waals surface area contributed by atoms with Gasteiger partial charge in [-0.25, -0.2) is 0 Å². The van der Waals surface area contributed by atoms with E-state index < -0.39 is 6.10 Å². The summed E-state index contributed by atoms with van der Waals surface area (Å²) in [5, 5.41) is 14.6. The Labute approximate surface area is 199 Å². The van der Waals surface area contributed by atoms with Gasteiger partial charge in [-0.1, -0.05) is 55.3 Å². The van der Waals surface area contributed by atoms with Gasteiger partial charge in [0.05, 0.1) is 18.3 Å². The number of ether oxygens (including phenoxy) is 1. The van der Waals surface area contributed by atoms with Crippen molar-refractivity contribution in [3.8, 4) is 28.0 Å². The quantitative estimate of drug-likeness (QED) is 0.446. The van der Waals surface area contributed by atoms with Crippen molar-refractivity contribution < 1.29 is 9.84 Å². The van der Waals surface area contributed by atoms with Crippen LogP contribution in [0.4, 0.5) is 0 Å². The minimum Gasteiger partial charge on any atom is -0.488 e. The van der Waals surface area contributed by atoms with Crippen LogP contribution in [0.5, 0.6) is 5.75 Å². The molecule has 1 aliphatic carbocycles. The Balaban J connectivity index is 1.33. The third-order valence-corrected chi connectivity index (χ3v) is 6.58. The number of nitrogens with zero attached hydrogens (tertiary/aromatic N) is 3. The van der Waals surface area contributed by atoms with Crippen LogP contribution in [-0.4, -0.2) is 25.6 Å². The highest BCUT2D eigenvalue weighted by Crippen LogP contribution is 2.31. The van der Waals surface area contributed by atoms with E-state index in [1.807, 2.05) is 56.0 Å². The zero-order chi connectivity index (χ0) is 23.5. The summed E-state index contributed by atoms with van der Waals surface area (Å²) in [6.45, 7) is 0.426. The van der Waals surface area contributed by atoms with E-state index in [4.69, 9.17) is 4.74 Å². The predicted molar refractivity (Wildman–Crippen MR) is 133 cm³/mol. The Morgan fingerprint density at radius 3 is 2.53 bits per heavy atom. The third-order valence-electron chi connectivity index (χ3n) is 6.58. The average molecular weight is 456 g/mol. The van der Waals surface area contributed by atoms with Crippen LogP contribution in [0, 0.1) is 0 Å². The first-order chi connectivity index (χ1) is 16.6. The van der Waals surface area contributed by atoms with Crippen LogP contribution >= 0.6 is 0 Å². The summed E-state index contributed by atoms with van der Waals surface area (Å²) in [7, 11) is 1.91. The van der Waals surface area contributed by atoms with E-state index in [2.05, 4.69) is 29.4 Å². The van der Waals surface area contributed by atoms with Crippen molar-refractivity contribution in [2.45, 2.75) is 44.4 Å². The summed E-state index contributed by atoms with van der Waals surface area (Å²) in [5.74, 6) is 0.730. The Bertz CT molecular complexity index is 1320. The Hall–Kier alpha value is -3.64. The molecule has 6 heteroatoms. The normalized spacial score (nSPS) is 18.1. The molecule has 5 rings (SSSR count). The number of aromatic nitrogens is 3. The lowest BCUT2D eigenvalue weighted by Crippen LogP contribution is -2.34. The van der Waals surface area contributed by atoms with E-state index in [9.17, 15) is 9.90 Å². The van der Waals surface area contributed by atoms with Crippen molar-refractivity contribution >= 4 is 0 Å². The molecule has 0 aliphatic heterocycles. The average Bonchev–Trinajstić information content (AvgIpc) is 3.30. The van der Waals surface area contributed by atoms with Gasteiger partial charge >= 0.3 is 0 Å². The third kappa shape index (κ3) is 4.68. The molecule has 0 radical (unpaired) electrons. The topological polar surface area (TPSA) is 69.3 Å². The van der Waals surface area contributed by atoms with E-state index in [1.54, 1.807) is 15.3 Å². The lowest BCUT2D eigenvalue weighted by Gasteiger charge is -2.29. The van der Waals surface area contributed by atoms with Gasteiger partial charge in [-0.15, -0.1) is 0 Å². The van der Waals surface area contributed by atoms with Crippen molar-refractivity contribution in [3.63, 3.8) is 0 Å². The van der Waals surface area contributed by atoms with E-state index in [1.165, 1.54) is 0 Å². The number of benzene rings is 2. The number of rotatable bonds is 6. The number of para-hydroxylation sites is 1. The smallest absolute Gasteiger partial charge is 0.251 e. The molecule has 2 aromatic heterocycles. The molecule has 2 heterocycles. The van der Waals surface area contributed by atoms with Gasteiger partial charge in [-0.3, -0.25) is 9.48 Å². The van der Waals surface area contributed by atoms with Gasteiger partial charge in [0.1, 0.15) is 12.4 Å². The summed E-state index contributed by atoms with van der Waals surface area (Å²) in [6.07, 6.45) is 8.83. The van der Waals surface area contributed by atoms with E-state index >= 15 is 0 Å². The number of pyridine rings is 1. The molecule has 4 aromatic rings. The fourth-order valence-corrected chi connectivity index (χ4v) is 4.70. The molecular weight excluding hydrogens is 426 g/mol. The van der Waals surface area contributed by atoms with Gasteiger partial charge in [-0.2, -0.15) is 5.10 Å². The molecule has 1 fully saturated rings. The molecule has 1 aliphatic rings. The second-order valence-corrected chi connectivity index (χ2v) is 8.96. The molecule has 34 heavy (non-hydrogen) atoms. The first-order valence-electron chi connectivity index (χ1n) is 11.8. The number of aliphatic hydroxyl groups excluding tert-OH is 1. The molecule has 1 N–H and O–H groups in total. The van der Waals surface area contributed by atoms with Crippen LogP contribution in [-0.2, 0) is 13.7 Å². The highest BCUT2D eigenvalue weighted by atomic mass is 16.5. The van der Waals surface area contributed by atoms with E-state index in [0.717, 1.165) is 59.3 Å². The zero-order valence-electron chi connectivity index (χ0n) is 19.3. The first kappa shape index (κ1) is 22.2. The molecule has 0 bridgehead atoms. The molecule has 0 saturated heterocycles. The van der Waals surface area contributed by atoms with Gasteiger partial charge in [0.25, 0.3) is 5.56 Å². The van der Waals surface area contributed by atoms with Gasteiger partial charge in [-0.05, 0) is 41.7 Å². The molecule has 2 aromatic carbocycles. The lowest BCUT2D eigenvalue weighted by molar-refractivity contribution is 0.0738. The molecule has 2 atom stereocenters. The van der Waals surface area contributed by atoms with Crippen LogP contribution in [0.3, 0.4) is 0 Å². The maximum atomic E-state index is 12.9. The fraction of sp³-hybridized carbons (Fsp3) is 0.286. The molecular formula is C28H29N3O3. The summed E-state index contributed by atoms with van der Waals surface area (Å²) in [6, 6.07) is 19.5. The van der Waals surface area contributed by atoms with Crippen molar-refractivity contribution in [2.24, 2.45) is 7.05 Å². The predicted octanol–water partition coefficient (Wildman–Crippen LogP) is 4.97. The number of aryl methyl sites for hydroxylation is 1. The fourth-order valence-electron chi connectivity index (χ4n) is 4.70. The minimum absolute atomic E-state index is 0.0933. The highest BCUT2D eigenvalue weighted by molar-refractivity contribution is 5.70. The van der Waals surface area contributed by atoms with Crippen molar-refractivity contribution in [1.82, 2.24) is 14.3 Å². The molecule has 0 spiro atoms. The van der Waals surface area contributed by atoms with Crippen LogP contribution < -0.4 is 10.3 Å². The summed E-state index contributed by atoms with van der Waals surface area (Å²) < 4.78 is 9.64. The SMILES string of the molecule is Cn1cc(-c2ccc(COc3ccccc3-c3ccn([C@H]4CCCC[C@@H]4O)c(=O)c3)cc2)cn1. The van der Waals surface area contributed by atoms with Gasteiger partial charge in [0.15, 0.2) is 0 Å². The molecule has 174 valence electrons.